The van der Waals surface area contributed by atoms with E-state index in [1.54, 1.807) is 11.3 Å². The molecule has 0 spiro atoms. The van der Waals surface area contributed by atoms with Crippen LogP contribution in [0.4, 0.5) is 0 Å². The molecule has 1 aromatic rings. The molecule has 0 saturated carbocycles. The molecule has 0 saturated heterocycles. The monoisotopic (exact) mass is 316 g/mol. The zero-order chi connectivity index (χ0) is 14.4. The zero-order valence-corrected chi connectivity index (χ0v) is 13.7. The maximum Gasteiger partial charge on any atom is 0.212 e. The second-order valence-electron chi connectivity index (χ2n) is 5.24. The Labute approximate surface area is 126 Å². The van der Waals surface area contributed by atoms with E-state index in [-0.39, 0.29) is 11.8 Å². The SMILES string of the molecule is CCNCCCCS(=O)(=O)NC1CCCc2sccc21. The summed E-state index contributed by atoms with van der Waals surface area (Å²) in [6, 6.07) is 2.06. The Morgan fingerprint density at radius 2 is 2.25 bits per heavy atom. The first-order chi connectivity index (χ1) is 9.62. The lowest BCUT2D eigenvalue weighted by Gasteiger charge is -2.23. The van der Waals surface area contributed by atoms with Crippen molar-refractivity contribution in [3.63, 3.8) is 0 Å². The molecule has 1 aromatic heterocycles. The molecule has 20 heavy (non-hydrogen) atoms. The Bertz CT molecular complexity index is 511. The minimum absolute atomic E-state index is 0.0104. The molecule has 1 aliphatic carbocycles. The van der Waals surface area contributed by atoms with Crippen LogP contribution in [-0.2, 0) is 16.4 Å². The van der Waals surface area contributed by atoms with Gasteiger partial charge in [0.1, 0.15) is 0 Å². The van der Waals surface area contributed by atoms with Gasteiger partial charge in [0, 0.05) is 10.9 Å². The van der Waals surface area contributed by atoms with Gasteiger partial charge in [-0.3, -0.25) is 0 Å². The van der Waals surface area contributed by atoms with E-state index in [9.17, 15) is 8.42 Å². The minimum Gasteiger partial charge on any atom is -0.317 e. The van der Waals surface area contributed by atoms with Crippen LogP contribution in [0.2, 0.25) is 0 Å². The maximum atomic E-state index is 12.1. The molecule has 1 aliphatic rings. The number of thiophene rings is 1. The predicted octanol–water partition coefficient (Wildman–Crippen LogP) is 2.43. The molecule has 0 aromatic carbocycles. The second-order valence-corrected chi connectivity index (χ2v) is 8.12. The molecule has 0 aliphatic heterocycles. The molecule has 0 radical (unpaired) electrons. The molecule has 4 nitrogen and oxygen atoms in total. The molecule has 0 bridgehead atoms. The van der Waals surface area contributed by atoms with Crippen LogP contribution in [0.3, 0.4) is 0 Å². The average Bonchev–Trinajstić information content (AvgIpc) is 2.87. The highest BCUT2D eigenvalue weighted by Gasteiger charge is 2.25. The summed E-state index contributed by atoms with van der Waals surface area (Å²) in [6.45, 7) is 3.89. The molecule has 6 heteroatoms. The van der Waals surface area contributed by atoms with Crippen LogP contribution < -0.4 is 10.0 Å². The molecule has 1 unspecified atom stereocenters. The van der Waals surface area contributed by atoms with Gasteiger partial charge in [0.25, 0.3) is 0 Å². The largest absolute Gasteiger partial charge is 0.317 e. The van der Waals surface area contributed by atoms with Crippen molar-refractivity contribution in [1.29, 1.82) is 0 Å². The van der Waals surface area contributed by atoms with Crippen molar-refractivity contribution in [1.82, 2.24) is 10.0 Å². The fourth-order valence-electron chi connectivity index (χ4n) is 2.60. The summed E-state index contributed by atoms with van der Waals surface area (Å²) in [7, 11) is -3.16. The van der Waals surface area contributed by atoms with Crippen LogP contribution in [0.1, 0.15) is 49.1 Å². The number of sulfonamides is 1. The van der Waals surface area contributed by atoms with Gasteiger partial charge in [-0.15, -0.1) is 11.3 Å². The van der Waals surface area contributed by atoms with E-state index in [1.165, 1.54) is 10.4 Å². The molecule has 1 atom stereocenters. The number of hydrogen-bond acceptors (Lipinski definition) is 4. The first kappa shape index (κ1) is 15.9. The van der Waals surface area contributed by atoms with Crippen molar-refractivity contribution in [2.75, 3.05) is 18.8 Å². The third kappa shape index (κ3) is 4.55. The average molecular weight is 316 g/mol. The third-order valence-electron chi connectivity index (χ3n) is 3.64. The molecular weight excluding hydrogens is 292 g/mol. The van der Waals surface area contributed by atoms with Crippen LogP contribution in [0.25, 0.3) is 0 Å². The van der Waals surface area contributed by atoms with E-state index >= 15 is 0 Å². The first-order valence-electron chi connectivity index (χ1n) is 7.39. The van der Waals surface area contributed by atoms with Gasteiger partial charge >= 0.3 is 0 Å². The fraction of sp³-hybridized carbons (Fsp3) is 0.714. The Morgan fingerprint density at radius 3 is 3.05 bits per heavy atom. The Morgan fingerprint density at radius 1 is 1.40 bits per heavy atom. The number of rotatable bonds is 8. The summed E-state index contributed by atoms with van der Waals surface area (Å²) >= 11 is 1.74. The van der Waals surface area contributed by atoms with Crippen molar-refractivity contribution >= 4 is 21.4 Å². The molecule has 2 N–H and O–H groups in total. The van der Waals surface area contributed by atoms with Crippen LogP contribution in [0.15, 0.2) is 11.4 Å². The summed E-state index contributed by atoms with van der Waals surface area (Å²) in [5.41, 5.74) is 1.19. The number of aryl methyl sites for hydroxylation is 1. The van der Waals surface area contributed by atoms with E-state index in [1.807, 2.05) is 0 Å². The van der Waals surface area contributed by atoms with Crippen LogP contribution >= 0.6 is 11.3 Å². The van der Waals surface area contributed by atoms with Crippen molar-refractivity contribution in [3.8, 4) is 0 Å². The van der Waals surface area contributed by atoms with Crippen LogP contribution in [0, 0.1) is 0 Å². The smallest absolute Gasteiger partial charge is 0.212 e. The van der Waals surface area contributed by atoms with E-state index in [4.69, 9.17) is 0 Å². The van der Waals surface area contributed by atoms with Crippen molar-refractivity contribution in [2.45, 2.75) is 45.1 Å². The van der Waals surface area contributed by atoms with E-state index in [0.29, 0.717) is 6.42 Å². The summed E-state index contributed by atoms with van der Waals surface area (Å²) in [5, 5.41) is 5.27. The summed E-state index contributed by atoms with van der Waals surface area (Å²) in [6.07, 6.45) is 4.70. The predicted molar refractivity (Wildman–Crippen MR) is 84.7 cm³/mol. The number of unbranched alkanes of at least 4 members (excludes halogenated alkanes) is 1. The Hall–Kier alpha value is -0.430. The van der Waals surface area contributed by atoms with Gasteiger partial charge in [-0.05, 0) is 62.2 Å². The fourth-order valence-corrected chi connectivity index (χ4v) is 4.97. The van der Waals surface area contributed by atoms with E-state index in [0.717, 1.165) is 38.8 Å². The second kappa shape index (κ2) is 7.54. The van der Waals surface area contributed by atoms with Gasteiger partial charge in [-0.1, -0.05) is 6.92 Å². The standard InChI is InChI=1S/C14H24N2O2S2/c1-2-15-9-3-4-11-20(17,18)16-13-6-5-7-14-12(13)8-10-19-14/h8,10,13,15-16H,2-7,9,11H2,1H3. The lowest BCUT2D eigenvalue weighted by atomic mass is 9.95. The van der Waals surface area contributed by atoms with E-state index in [2.05, 4.69) is 28.4 Å². The lowest BCUT2D eigenvalue weighted by Crippen LogP contribution is -2.32. The summed E-state index contributed by atoms with van der Waals surface area (Å²) < 4.78 is 27.2. The van der Waals surface area contributed by atoms with Crippen molar-refractivity contribution in [2.24, 2.45) is 0 Å². The van der Waals surface area contributed by atoms with E-state index < -0.39 is 10.0 Å². The zero-order valence-electron chi connectivity index (χ0n) is 12.0. The molecule has 0 amide bonds. The molecule has 1 heterocycles. The van der Waals surface area contributed by atoms with Gasteiger partial charge in [-0.25, -0.2) is 13.1 Å². The molecule has 2 rings (SSSR count). The van der Waals surface area contributed by atoms with Crippen LogP contribution in [0.5, 0.6) is 0 Å². The topological polar surface area (TPSA) is 58.2 Å². The van der Waals surface area contributed by atoms with Crippen molar-refractivity contribution < 1.29 is 8.42 Å². The number of hydrogen-bond donors (Lipinski definition) is 2. The number of fused-ring (bicyclic) bond motifs is 1. The molecule has 0 fully saturated rings. The maximum absolute atomic E-state index is 12.1. The normalized spacial score (nSPS) is 18.9. The molecule has 114 valence electrons. The number of nitrogens with one attached hydrogen (secondary N) is 2. The van der Waals surface area contributed by atoms with Crippen molar-refractivity contribution in [3.05, 3.63) is 21.9 Å². The van der Waals surface area contributed by atoms with Gasteiger partial charge in [-0.2, -0.15) is 0 Å². The third-order valence-corrected chi connectivity index (χ3v) is 6.11. The highest BCUT2D eigenvalue weighted by atomic mass is 32.2. The molecular formula is C14H24N2O2S2. The Balaban J connectivity index is 1.84. The first-order valence-corrected chi connectivity index (χ1v) is 9.92. The quantitative estimate of drug-likeness (QED) is 0.724. The van der Waals surface area contributed by atoms with Gasteiger partial charge in [0.15, 0.2) is 0 Å². The lowest BCUT2D eigenvalue weighted by molar-refractivity contribution is 0.509. The Kier molecular flexibility index (Phi) is 6.01. The van der Waals surface area contributed by atoms with Gasteiger partial charge in [0.05, 0.1) is 5.75 Å². The van der Waals surface area contributed by atoms with Gasteiger partial charge in [0.2, 0.25) is 10.0 Å². The highest BCUT2D eigenvalue weighted by molar-refractivity contribution is 7.89. The summed E-state index contributed by atoms with van der Waals surface area (Å²) in [4.78, 5) is 1.34. The highest BCUT2D eigenvalue weighted by Crippen LogP contribution is 2.33. The van der Waals surface area contributed by atoms with Crippen LogP contribution in [-0.4, -0.2) is 27.3 Å². The minimum atomic E-state index is -3.16. The summed E-state index contributed by atoms with van der Waals surface area (Å²) in [5.74, 6) is 0.231. The van der Waals surface area contributed by atoms with Gasteiger partial charge < -0.3 is 5.32 Å².